The van der Waals surface area contributed by atoms with E-state index in [-0.39, 0.29) is 17.9 Å². The molecule has 2 fully saturated rings. The van der Waals surface area contributed by atoms with Crippen LogP contribution in [-0.2, 0) is 11.3 Å². The van der Waals surface area contributed by atoms with E-state index in [9.17, 15) is 22.8 Å². The Morgan fingerprint density at radius 3 is 2.61 bits per heavy atom. The normalized spacial score (nSPS) is 30.3. The van der Waals surface area contributed by atoms with Crippen molar-refractivity contribution in [3.8, 4) is 0 Å². The molecule has 4 rings (SSSR count). The number of allylic oxidation sites excluding steroid dienone is 3. The molecular formula is C22H27ClF3N5O2. The zero-order chi connectivity index (χ0) is 24.0. The molecule has 0 bridgehead atoms. The van der Waals surface area contributed by atoms with Crippen molar-refractivity contribution in [3.63, 3.8) is 0 Å². The lowest BCUT2D eigenvalue weighted by molar-refractivity contribution is -0.128. The predicted molar refractivity (Wildman–Crippen MR) is 118 cm³/mol. The number of nitrogens with one attached hydrogen (secondary N) is 1. The maximum absolute atomic E-state index is 13.4. The first-order valence-electron chi connectivity index (χ1n) is 11.0. The summed E-state index contributed by atoms with van der Waals surface area (Å²) in [4.78, 5) is 26.0. The Balaban J connectivity index is 1.46. The third kappa shape index (κ3) is 4.37. The minimum Gasteiger partial charge on any atom is -0.369 e. The molecule has 0 aromatic carbocycles. The molecule has 2 unspecified atom stereocenters. The standard InChI is InChI=1S/C22H27ClF3N5O2/c1-13-10-18(30-9-8-28-20(30)33)29-31(13)12-14-2-4-15(5-3-14)21(19(27)32)11-16(22(24,25)26)6-7-17(21)23/h6-7,10-11,14-15,17H,2-5,8-9,12H2,1H3,(H2,27,32)(H,28,33). The van der Waals surface area contributed by atoms with Crippen molar-refractivity contribution in [2.75, 3.05) is 18.0 Å². The van der Waals surface area contributed by atoms with Crippen molar-refractivity contribution >= 4 is 29.4 Å². The van der Waals surface area contributed by atoms with Crippen LogP contribution < -0.4 is 16.0 Å². The molecule has 1 aromatic rings. The van der Waals surface area contributed by atoms with E-state index in [0.717, 1.165) is 17.8 Å². The molecular weight excluding hydrogens is 459 g/mol. The van der Waals surface area contributed by atoms with Crippen molar-refractivity contribution in [1.29, 1.82) is 0 Å². The van der Waals surface area contributed by atoms with E-state index in [2.05, 4.69) is 10.4 Å². The molecule has 2 atom stereocenters. The van der Waals surface area contributed by atoms with Crippen LogP contribution in [0.25, 0.3) is 0 Å². The number of anilines is 1. The van der Waals surface area contributed by atoms with E-state index in [0.29, 0.717) is 51.1 Å². The van der Waals surface area contributed by atoms with E-state index in [1.54, 1.807) is 4.90 Å². The maximum atomic E-state index is 13.4. The van der Waals surface area contributed by atoms with Crippen molar-refractivity contribution < 1.29 is 22.8 Å². The van der Waals surface area contributed by atoms with Gasteiger partial charge in [-0.05, 0) is 44.4 Å². The number of aromatic nitrogens is 2. The molecule has 180 valence electrons. The second-order valence-corrected chi connectivity index (χ2v) is 9.55. The smallest absolute Gasteiger partial charge is 0.369 e. The quantitative estimate of drug-likeness (QED) is 0.623. The van der Waals surface area contributed by atoms with Gasteiger partial charge in [0.15, 0.2) is 5.82 Å². The van der Waals surface area contributed by atoms with Gasteiger partial charge in [0.25, 0.3) is 0 Å². The van der Waals surface area contributed by atoms with Gasteiger partial charge in [0, 0.05) is 31.4 Å². The average Bonchev–Trinajstić information content (AvgIpc) is 3.33. The van der Waals surface area contributed by atoms with Crippen LogP contribution in [0.4, 0.5) is 23.8 Å². The Hall–Kier alpha value is -2.49. The minimum absolute atomic E-state index is 0.166. The Labute approximate surface area is 194 Å². The molecule has 33 heavy (non-hydrogen) atoms. The first-order valence-corrected chi connectivity index (χ1v) is 11.5. The van der Waals surface area contributed by atoms with E-state index >= 15 is 0 Å². The summed E-state index contributed by atoms with van der Waals surface area (Å²) in [5, 5.41) is 6.41. The number of carbonyl (C=O) groups is 2. The number of nitrogens with zero attached hydrogens (tertiary/aromatic N) is 3. The van der Waals surface area contributed by atoms with Crippen LogP contribution in [0.2, 0.25) is 0 Å². The summed E-state index contributed by atoms with van der Waals surface area (Å²) >= 11 is 6.40. The van der Waals surface area contributed by atoms with Crippen LogP contribution in [0.1, 0.15) is 31.4 Å². The second kappa shape index (κ2) is 8.70. The zero-order valence-corrected chi connectivity index (χ0v) is 19.0. The third-order valence-corrected chi connectivity index (χ3v) is 7.61. The highest BCUT2D eigenvalue weighted by atomic mass is 35.5. The van der Waals surface area contributed by atoms with E-state index in [4.69, 9.17) is 17.3 Å². The maximum Gasteiger partial charge on any atom is 0.416 e. The Morgan fingerprint density at radius 2 is 2.03 bits per heavy atom. The highest BCUT2D eigenvalue weighted by Gasteiger charge is 2.52. The third-order valence-electron chi connectivity index (χ3n) is 7.10. The van der Waals surface area contributed by atoms with Gasteiger partial charge in [-0.1, -0.05) is 18.2 Å². The number of rotatable bonds is 5. The lowest BCUT2D eigenvalue weighted by atomic mass is 9.62. The predicted octanol–water partition coefficient (Wildman–Crippen LogP) is 3.67. The molecule has 1 saturated carbocycles. The summed E-state index contributed by atoms with van der Waals surface area (Å²) in [5.74, 6) is -0.358. The van der Waals surface area contributed by atoms with Gasteiger partial charge in [0.2, 0.25) is 5.91 Å². The summed E-state index contributed by atoms with van der Waals surface area (Å²) in [6, 6.07) is 1.70. The summed E-state index contributed by atoms with van der Waals surface area (Å²) in [5.41, 5.74) is 4.14. The number of amides is 3. The van der Waals surface area contributed by atoms with Gasteiger partial charge in [-0.25, -0.2) is 4.79 Å². The van der Waals surface area contributed by atoms with Crippen LogP contribution in [0.15, 0.2) is 29.9 Å². The van der Waals surface area contributed by atoms with Gasteiger partial charge in [0.1, 0.15) is 0 Å². The number of aryl methyl sites for hydroxylation is 1. The number of carbonyl (C=O) groups excluding carboxylic acids is 2. The average molecular weight is 486 g/mol. The first-order chi connectivity index (χ1) is 15.5. The number of alkyl halides is 4. The van der Waals surface area contributed by atoms with Crippen LogP contribution in [0, 0.1) is 24.2 Å². The summed E-state index contributed by atoms with van der Waals surface area (Å²) in [6.07, 6.45) is 1.01. The van der Waals surface area contributed by atoms with Gasteiger partial charge < -0.3 is 11.1 Å². The number of halogens is 4. The zero-order valence-electron chi connectivity index (χ0n) is 18.2. The van der Waals surface area contributed by atoms with E-state index in [1.807, 2.05) is 17.7 Å². The fraction of sp³-hybridized carbons (Fsp3) is 0.591. The van der Waals surface area contributed by atoms with Crippen molar-refractivity contribution in [2.24, 2.45) is 23.0 Å². The molecule has 2 heterocycles. The number of hydrogen-bond acceptors (Lipinski definition) is 3. The van der Waals surface area contributed by atoms with Crippen LogP contribution in [0.3, 0.4) is 0 Å². The largest absolute Gasteiger partial charge is 0.416 e. The molecule has 2 aliphatic carbocycles. The fourth-order valence-corrected chi connectivity index (χ4v) is 5.65. The molecule has 3 N–H and O–H groups in total. The second-order valence-electron chi connectivity index (χ2n) is 9.08. The number of hydrogen-bond donors (Lipinski definition) is 2. The first kappa shape index (κ1) is 23.7. The van der Waals surface area contributed by atoms with Crippen molar-refractivity contribution in [1.82, 2.24) is 15.1 Å². The SMILES string of the molecule is Cc1cc(N2CCNC2=O)nn1CC1CCC(C2(C(N)=O)C=C(C(F)(F)F)C=CC2Cl)CC1. The lowest BCUT2D eigenvalue weighted by Crippen LogP contribution is -2.50. The van der Waals surface area contributed by atoms with Gasteiger partial charge in [-0.2, -0.15) is 18.3 Å². The summed E-state index contributed by atoms with van der Waals surface area (Å²) in [6.45, 7) is 3.70. The molecule has 11 heteroatoms. The number of primary amides is 1. The molecule has 1 aliphatic heterocycles. The Kier molecular flexibility index (Phi) is 6.24. The highest BCUT2D eigenvalue weighted by molar-refractivity contribution is 6.24. The minimum atomic E-state index is -4.58. The monoisotopic (exact) mass is 485 g/mol. The molecule has 0 spiro atoms. The Bertz CT molecular complexity index is 997. The van der Waals surface area contributed by atoms with E-state index < -0.39 is 28.4 Å². The molecule has 0 radical (unpaired) electrons. The summed E-state index contributed by atoms with van der Waals surface area (Å²) in [7, 11) is 0. The summed E-state index contributed by atoms with van der Waals surface area (Å²) < 4.78 is 42.0. The number of urea groups is 1. The fourth-order valence-electron chi connectivity index (χ4n) is 5.23. The molecule has 1 aromatic heterocycles. The van der Waals surface area contributed by atoms with Gasteiger partial charge in [0.05, 0.1) is 16.4 Å². The molecule has 3 aliphatic rings. The Morgan fingerprint density at radius 1 is 1.33 bits per heavy atom. The molecule has 3 amide bonds. The van der Waals surface area contributed by atoms with Crippen LogP contribution >= 0.6 is 11.6 Å². The van der Waals surface area contributed by atoms with Crippen molar-refractivity contribution in [2.45, 2.75) is 50.7 Å². The van der Waals surface area contributed by atoms with E-state index in [1.165, 1.54) is 6.08 Å². The van der Waals surface area contributed by atoms with Gasteiger partial charge in [-0.15, -0.1) is 11.6 Å². The van der Waals surface area contributed by atoms with Gasteiger partial charge >= 0.3 is 12.2 Å². The number of nitrogens with two attached hydrogens (primary N) is 1. The topological polar surface area (TPSA) is 93.2 Å². The molecule has 7 nitrogen and oxygen atoms in total. The van der Waals surface area contributed by atoms with Crippen LogP contribution in [-0.4, -0.2) is 46.4 Å². The van der Waals surface area contributed by atoms with Crippen LogP contribution in [0.5, 0.6) is 0 Å². The molecule has 1 saturated heterocycles. The van der Waals surface area contributed by atoms with Gasteiger partial charge in [-0.3, -0.25) is 14.4 Å². The van der Waals surface area contributed by atoms with Crippen molar-refractivity contribution in [3.05, 3.63) is 35.6 Å². The highest BCUT2D eigenvalue weighted by Crippen LogP contribution is 2.50. The lowest BCUT2D eigenvalue weighted by Gasteiger charge is -2.43.